The molecule has 0 fully saturated rings. The lowest BCUT2D eigenvalue weighted by Crippen LogP contribution is -2.25. The molecule has 2 N–H and O–H groups in total. The van der Waals surface area contributed by atoms with Crippen LogP contribution in [0.2, 0.25) is 0 Å². The summed E-state index contributed by atoms with van der Waals surface area (Å²) in [6.45, 7) is 4.18. The number of hydrogen-bond donors (Lipinski definition) is 1. The van der Waals surface area contributed by atoms with Crippen molar-refractivity contribution in [2.75, 3.05) is 0 Å². The molecule has 0 saturated carbocycles. The van der Waals surface area contributed by atoms with Gasteiger partial charge in [0, 0.05) is 24.7 Å². The van der Waals surface area contributed by atoms with Gasteiger partial charge < -0.3 is 5.73 Å². The summed E-state index contributed by atoms with van der Waals surface area (Å²) < 4.78 is 14.7. The number of halogens is 1. The highest BCUT2D eigenvalue weighted by molar-refractivity contribution is 5.17. The van der Waals surface area contributed by atoms with Crippen molar-refractivity contribution in [2.24, 2.45) is 5.73 Å². The predicted octanol–water partition coefficient (Wildman–Crippen LogP) is 2.72. The molecule has 2 aromatic rings. The maximum atomic E-state index is 12.8. The molecule has 4 heteroatoms. The molecular formula is C15H20FN3. The third-order valence-corrected chi connectivity index (χ3v) is 3.08. The van der Waals surface area contributed by atoms with Crippen molar-refractivity contribution in [2.45, 2.75) is 38.8 Å². The van der Waals surface area contributed by atoms with Gasteiger partial charge in [-0.3, -0.25) is 4.68 Å². The van der Waals surface area contributed by atoms with Gasteiger partial charge in [-0.2, -0.15) is 5.10 Å². The zero-order chi connectivity index (χ0) is 13.8. The molecule has 0 saturated heterocycles. The number of nitrogens with two attached hydrogens (primary N) is 1. The Balaban J connectivity index is 1.93. The molecule has 0 aliphatic rings. The summed E-state index contributed by atoms with van der Waals surface area (Å²) >= 11 is 0. The van der Waals surface area contributed by atoms with E-state index in [1.165, 1.54) is 12.1 Å². The molecule has 0 aliphatic heterocycles. The van der Waals surface area contributed by atoms with Gasteiger partial charge in [0.25, 0.3) is 0 Å². The summed E-state index contributed by atoms with van der Waals surface area (Å²) in [5.74, 6) is -0.215. The minimum absolute atomic E-state index is 0.000901. The van der Waals surface area contributed by atoms with E-state index >= 15 is 0 Å². The van der Waals surface area contributed by atoms with Crippen molar-refractivity contribution in [3.8, 4) is 0 Å². The van der Waals surface area contributed by atoms with Gasteiger partial charge in [-0.25, -0.2) is 4.39 Å². The second kappa shape index (κ2) is 5.97. The monoisotopic (exact) mass is 261 g/mol. The van der Waals surface area contributed by atoms with Crippen LogP contribution < -0.4 is 5.73 Å². The van der Waals surface area contributed by atoms with E-state index in [9.17, 15) is 4.39 Å². The van der Waals surface area contributed by atoms with Gasteiger partial charge in [0.15, 0.2) is 0 Å². The lowest BCUT2D eigenvalue weighted by Gasteiger charge is -2.10. The third-order valence-electron chi connectivity index (χ3n) is 3.08. The van der Waals surface area contributed by atoms with Crippen molar-refractivity contribution in [3.63, 3.8) is 0 Å². The third kappa shape index (κ3) is 3.89. The second-order valence-corrected chi connectivity index (χ2v) is 5.18. The van der Waals surface area contributed by atoms with Gasteiger partial charge in [-0.05, 0) is 44.0 Å². The Kier molecular flexibility index (Phi) is 4.32. The molecule has 1 unspecified atom stereocenters. The van der Waals surface area contributed by atoms with E-state index in [0.717, 1.165) is 24.1 Å². The van der Waals surface area contributed by atoms with E-state index in [-0.39, 0.29) is 11.9 Å². The molecule has 0 bridgehead atoms. The highest BCUT2D eigenvalue weighted by atomic mass is 19.1. The van der Waals surface area contributed by atoms with Gasteiger partial charge in [0.05, 0.1) is 5.69 Å². The molecule has 0 aliphatic carbocycles. The van der Waals surface area contributed by atoms with Crippen LogP contribution >= 0.6 is 0 Å². The fourth-order valence-electron chi connectivity index (χ4n) is 2.04. The zero-order valence-electron chi connectivity index (χ0n) is 11.4. The fourth-order valence-corrected chi connectivity index (χ4v) is 2.04. The van der Waals surface area contributed by atoms with Gasteiger partial charge in [-0.1, -0.05) is 12.1 Å². The summed E-state index contributed by atoms with van der Waals surface area (Å²) in [5.41, 5.74) is 8.17. The maximum absolute atomic E-state index is 12.8. The van der Waals surface area contributed by atoms with Gasteiger partial charge in [0.1, 0.15) is 5.82 Å². The van der Waals surface area contributed by atoms with Crippen molar-refractivity contribution < 1.29 is 4.39 Å². The van der Waals surface area contributed by atoms with Crippen molar-refractivity contribution in [3.05, 3.63) is 53.6 Å². The average molecular weight is 261 g/mol. The predicted molar refractivity (Wildman–Crippen MR) is 74.4 cm³/mol. The molecule has 1 aromatic heterocycles. The Labute approximate surface area is 113 Å². The lowest BCUT2D eigenvalue weighted by atomic mass is 10.0. The largest absolute Gasteiger partial charge is 0.327 e. The van der Waals surface area contributed by atoms with Crippen LogP contribution in [0.15, 0.2) is 36.5 Å². The Morgan fingerprint density at radius 2 is 1.84 bits per heavy atom. The maximum Gasteiger partial charge on any atom is 0.123 e. The van der Waals surface area contributed by atoms with E-state index in [1.807, 2.05) is 16.9 Å². The van der Waals surface area contributed by atoms with Crippen LogP contribution in [-0.2, 0) is 12.8 Å². The topological polar surface area (TPSA) is 43.8 Å². The second-order valence-electron chi connectivity index (χ2n) is 5.18. The average Bonchev–Trinajstić information content (AvgIpc) is 2.80. The molecule has 1 heterocycles. The van der Waals surface area contributed by atoms with E-state index in [2.05, 4.69) is 18.9 Å². The fraction of sp³-hybridized carbons (Fsp3) is 0.400. The molecule has 0 amide bonds. The van der Waals surface area contributed by atoms with Crippen LogP contribution in [0.4, 0.5) is 4.39 Å². The van der Waals surface area contributed by atoms with Crippen LogP contribution in [0, 0.1) is 5.82 Å². The first-order chi connectivity index (χ1) is 9.04. The molecular weight excluding hydrogens is 241 g/mol. The molecule has 0 spiro atoms. The highest BCUT2D eigenvalue weighted by Crippen LogP contribution is 2.09. The highest BCUT2D eigenvalue weighted by Gasteiger charge is 2.09. The Bertz CT molecular complexity index is 516. The molecule has 2 rings (SSSR count). The molecule has 19 heavy (non-hydrogen) atoms. The normalized spacial score (nSPS) is 12.9. The molecule has 1 aromatic carbocycles. The van der Waals surface area contributed by atoms with Crippen LogP contribution in [0.25, 0.3) is 0 Å². The molecule has 0 radical (unpaired) electrons. The Hall–Kier alpha value is -1.68. The smallest absolute Gasteiger partial charge is 0.123 e. The first-order valence-corrected chi connectivity index (χ1v) is 6.58. The summed E-state index contributed by atoms with van der Waals surface area (Å²) in [6.07, 6.45) is 3.44. The summed E-state index contributed by atoms with van der Waals surface area (Å²) in [7, 11) is 0. The van der Waals surface area contributed by atoms with E-state index < -0.39 is 0 Å². The number of nitrogens with zero attached hydrogens (tertiary/aromatic N) is 2. The Morgan fingerprint density at radius 1 is 1.16 bits per heavy atom. The number of aromatic nitrogens is 2. The number of hydrogen-bond acceptors (Lipinski definition) is 2. The number of rotatable bonds is 5. The molecule has 102 valence electrons. The molecule has 3 nitrogen and oxygen atoms in total. The van der Waals surface area contributed by atoms with Crippen molar-refractivity contribution in [1.29, 1.82) is 0 Å². The minimum atomic E-state index is -0.215. The summed E-state index contributed by atoms with van der Waals surface area (Å²) in [4.78, 5) is 0. The van der Waals surface area contributed by atoms with Crippen LogP contribution in [0.5, 0.6) is 0 Å². The zero-order valence-corrected chi connectivity index (χ0v) is 11.4. The van der Waals surface area contributed by atoms with E-state index in [4.69, 9.17) is 5.73 Å². The first kappa shape index (κ1) is 13.7. The first-order valence-electron chi connectivity index (χ1n) is 6.58. The van der Waals surface area contributed by atoms with E-state index in [0.29, 0.717) is 6.04 Å². The quantitative estimate of drug-likeness (QED) is 0.899. The van der Waals surface area contributed by atoms with Crippen molar-refractivity contribution in [1.82, 2.24) is 9.78 Å². The summed E-state index contributed by atoms with van der Waals surface area (Å²) in [5, 5.41) is 4.48. The Morgan fingerprint density at radius 3 is 2.42 bits per heavy atom. The van der Waals surface area contributed by atoms with Gasteiger partial charge in [0.2, 0.25) is 0 Å². The standard InChI is InChI=1S/C15H20FN3/c1-11(2)19-8-7-15(18-19)10-14(17)9-12-3-5-13(16)6-4-12/h3-8,11,14H,9-10,17H2,1-2H3. The summed E-state index contributed by atoms with van der Waals surface area (Å²) in [6, 6.07) is 8.86. The van der Waals surface area contributed by atoms with E-state index in [1.54, 1.807) is 12.1 Å². The van der Waals surface area contributed by atoms with Crippen LogP contribution in [-0.4, -0.2) is 15.8 Å². The minimum Gasteiger partial charge on any atom is -0.327 e. The van der Waals surface area contributed by atoms with Crippen molar-refractivity contribution >= 4 is 0 Å². The molecule has 1 atom stereocenters. The number of benzene rings is 1. The van der Waals surface area contributed by atoms with Crippen LogP contribution in [0.1, 0.15) is 31.1 Å². The SMILES string of the molecule is CC(C)n1ccc(CC(N)Cc2ccc(F)cc2)n1. The lowest BCUT2D eigenvalue weighted by molar-refractivity contribution is 0.521. The van der Waals surface area contributed by atoms with Gasteiger partial charge >= 0.3 is 0 Å². The van der Waals surface area contributed by atoms with Crippen LogP contribution in [0.3, 0.4) is 0 Å². The van der Waals surface area contributed by atoms with Gasteiger partial charge in [-0.15, -0.1) is 0 Å².